The van der Waals surface area contributed by atoms with Gasteiger partial charge in [0.2, 0.25) is 5.91 Å². The Balaban J connectivity index is 1.59. The minimum atomic E-state index is -0.203. The molecule has 6 nitrogen and oxygen atoms in total. The van der Waals surface area contributed by atoms with Crippen molar-refractivity contribution in [2.45, 2.75) is 19.9 Å². The van der Waals surface area contributed by atoms with Gasteiger partial charge in [0.05, 0.1) is 18.8 Å². The van der Waals surface area contributed by atoms with Crippen LogP contribution in [0.2, 0.25) is 0 Å². The number of piperazine rings is 1. The Morgan fingerprint density at radius 2 is 1.96 bits per heavy atom. The van der Waals surface area contributed by atoms with Crippen LogP contribution in [0.5, 0.6) is 5.75 Å². The Labute approximate surface area is 154 Å². The zero-order chi connectivity index (χ0) is 18.5. The number of hydrogen-bond acceptors (Lipinski definition) is 5. The summed E-state index contributed by atoms with van der Waals surface area (Å²) in [6.45, 7) is 7.33. The van der Waals surface area contributed by atoms with Gasteiger partial charge >= 0.3 is 0 Å². The Morgan fingerprint density at radius 3 is 2.62 bits per heavy atom. The van der Waals surface area contributed by atoms with Gasteiger partial charge in [-0.1, -0.05) is 12.1 Å². The molecule has 1 aliphatic rings. The molecule has 0 aliphatic carbocycles. The molecular weight excluding hydrogens is 328 g/mol. The topological polar surface area (TPSA) is 57.7 Å². The lowest BCUT2D eigenvalue weighted by Gasteiger charge is -2.38. The normalized spacial score (nSPS) is 16.2. The van der Waals surface area contributed by atoms with E-state index in [9.17, 15) is 4.79 Å². The zero-order valence-electron chi connectivity index (χ0n) is 15.6. The van der Waals surface area contributed by atoms with Crippen LogP contribution in [0.25, 0.3) is 0 Å². The van der Waals surface area contributed by atoms with Gasteiger partial charge in [0.1, 0.15) is 11.6 Å². The Kier molecular flexibility index (Phi) is 5.73. The number of aryl methyl sites for hydroxylation is 1. The highest BCUT2D eigenvalue weighted by Crippen LogP contribution is 2.25. The van der Waals surface area contributed by atoms with Crippen LogP contribution < -0.4 is 15.0 Å². The SMILES string of the molecule is COc1ccc(C)cc1NC(=O)[C@H](C)N1CCN(c2ccccn2)CC1. The van der Waals surface area contributed by atoms with E-state index in [4.69, 9.17) is 4.74 Å². The van der Waals surface area contributed by atoms with Gasteiger partial charge in [0.15, 0.2) is 0 Å². The van der Waals surface area contributed by atoms with Crippen molar-refractivity contribution in [1.29, 1.82) is 0 Å². The number of carbonyl (C=O) groups is 1. The number of aromatic nitrogens is 1. The summed E-state index contributed by atoms with van der Waals surface area (Å²) in [7, 11) is 1.61. The van der Waals surface area contributed by atoms with Crippen LogP contribution in [0.15, 0.2) is 42.6 Å². The van der Waals surface area contributed by atoms with Crippen molar-refractivity contribution in [3.63, 3.8) is 0 Å². The van der Waals surface area contributed by atoms with Gasteiger partial charge in [-0.05, 0) is 43.7 Å². The van der Waals surface area contributed by atoms with E-state index in [2.05, 4.69) is 20.1 Å². The molecule has 0 bridgehead atoms. The predicted octanol–water partition coefficient (Wildman–Crippen LogP) is 2.55. The second kappa shape index (κ2) is 8.19. The maximum Gasteiger partial charge on any atom is 0.241 e. The van der Waals surface area contributed by atoms with Crippen molar-refractivity contribution >= 4 is 17.4 Å². The van der Waals surface area contributed by atoms with Crippen molar-refractivity contribution < 1.29 is 9.53 Å². The second-order valence-electron chi connectivity index (χ2n) is 6.58. The molecule has 1 saturated heterocycles. The molecule has 138 valence electrons. The van der Waals surface area contributed by atoms with Gasteiger partial charge in [-0.25, -0.2) is 4.98 Å². The third-order valence-electron chi connectivity index (χ3n) is 4.83. The van der Waals surface area contributed by atoms with Crippen LogP contribution in [-0.4, -0.2) is 55.1 Å². The number of rotatable bonds is 5. The fourth-order valence-corrected chi connectivity index (χ4v) is 3.20. The summed E-state index contributed by atoms with van der Waals surface area (Å²) in [6, 6.07) is 11.5. The molecule has 1 aliphatic heterocycles. The molecule has 1 aromatic carbocycles. The summed E-state index contributed by atoms with van der Waals surface area (Å²) in [6.07, 6.45) is 1.81. The van der Waals surface area contributed by atoms with Gasteiger partial charge in [-0.3, -0.25) is 9.69 Å². The number of nitrogens with one attached hydrogen (secondary N) is 1. The number of nitrogens with zero attached hydrogens (tertiary/aromatic N) is 3. The number of carbonyl (C=O) groups excluding carboxylic acids is 1. The van der Waals surface area contributed by atoms with Gasteiger partial charge in [-0.15, -0.1) is 0 Å². The lowest BCUT2D eigenvalue weighted by molar-refractivity contribution is -0.120. The van der Waals surface area contributed by atoms with Crippen LogP contribution in [0.1, 0.15) is 12.5 Å². The summed E-state index contributed by atoms with van der Waals surface area (Å²) in [5.41, 5.74) is 1.80. The molecule has 6 heteroatoms. The van der Waals surface area contributed by atoms with Crippen LogP contribution in [0, 0.1) is 6.92 Å². The molecule has 3 rings (SSSR count). The van der Waals surface area contributed by atoms with E-state index in [0.29, 0.717) is 5.75 Å². The first-order chi connectivity index (χ1) is 12.6. The Morgan fingerprint density at radius 1 is 1.19 bits per heavy atom. The number of methoxy groups -OCH3 is 1. The van der Waals surface area contributed by atoms with E-state index >= 15 is 0 Å². The molecule has 1 atom stereocenters. The predicted molar refractivity (Wildman–Crippen MR) is 104 cm³/mol. The summed E-state index contributed by atoms with van der Waals surface area (Å²) in [5, 5.41) is 3.01. The fourth-order valence-electron chi connectivity index (χ4n) is 3.20. The van der Waals surface area contributed by atoms with E-state index in [0.717, 1.165) is 43.2 Å². The Hall–Kier alpha value is -2.60. The smallest absolute Gasteiger partial charge is 0.241 e. The van der Waals surface area contributed by atoms with Gasteiger partial charge in [0.25, 0.3) is 0 Å². The lowest BCUT2D eigenvalue weighted by atomic mass is 10.1. The molecule has 0 spiro atoms. The van der Waals surface area contributed by atoms with E-state index < -0.39 is 0 Å². The van der Waals surface area contributed by atoms with Crippen molar-refractivity contribution in [1.82, 2.24) is 9.88 Å². The standard InChI is InChI=1S/C20H26N4O2/c1-15-7-8-18(26-3)17(14-15)22-20(25)16(2)23-10-12-24(13-11-23)19-6-4-5-9-21-19/h4-9,14,16H,10-13H2,1-3H3,(H,22,25)/t16-/m0/s1. The number of benzene rings is 1. The minimum Gasteiger partial charge on any atom is -0.495 e. The number of pyridine rings is 1. The van der Waals surface area contributed by atoms with Crippen LogP contribution in [-0.2, 0) is 4.79 Å². The number of ether oxygens (including phenoxy) is 1. The monoisotopic (exact) mass is 354 g/mol. The highest BCUT2D eigenvalue weighted by molar-refractivity contribution is 5.96. The average molecular weight is 354 g/mol. The second-order valence-corrected chi connectivity index (χ2v) is 6.58. The molecule has 1 amide bonds. The van der Waals surface area contributed by atoms with Crippen molar-refractivity contribution in [2.24, 2.45) is 0 Å². The minimum absolute atomic E-state index is 0.0137. The zero-order valence-corrected chi connectivity index (χ0v) is 15.6. The van der Waals surface area contributed by atoms with Crippen molar-refractivity contribution in [3.8, 4) is 5.75 Å². The molecule has 1 aromatic heterocycles. The van der Waals surface area contributed by atoms with E-state index in [1.807, 2.05) is 56.4 Å². The molecule has 0 unspecified atom stereocenters. The summed E-state index contributed by atoms with van der Waals surface area (Å²) in [5.74, 6) is 1.66. The van der Waals surface area contributed by atoms with E-state index in [1.54, 1.807) is 7.11 Å². The number of anilines is 2. The van der Waals surface area contributed by atoms with Gasteiger partial charge < -0.3 is 15.0 Å². The largest absolute Gasteiger partial charge is 0.495 e. The van der Waals surface area contributed by atoms with Crippen LogP contribution in [0.3, 0.4) is 0 Å². The molecule has 1 fully saturated rings. The Bertz CT molecular complexity index is 743. The van der Waals surface area contributed by atoms with Crippen molar-refractivity contribution in [2.75, 3.05) is 43.5 Å². The molecule has 2 aromatic rings. The quantitative estimate of drug-likeness (QED) is 0.894. The van der Waals surface area contributed by atoms with Crippen LogP contribution in [0.4, 0.5) is 11.5 Å². The van der Waals surface area contributed by atoms with Crippen molar-refractivity contribution in [3.05, 3.63) is 48.2 Å². The summed E-state index contributed by atoms with van der Waals surface area (Å²) >= 11 is 0. The van der Waals surface area contributed by atoms with Gasteiger partial charge in [0, 0.05) is 32.4 Å². The number of hydrogen-bond donors (Lipinski definition) is 1. The molecule has 0 radical (unpaired) electrons. The maximum absolute atomic E-state index is 12.7. The van der Waals surface area contributed by atoms with Crippen LogP contribution >= 0.6 is 0 Å². The maximum atomic E-state index is 12.7. The molecular formula is C20H26N4O2. The van der Waals surface area contributed by atoms with Gasteiger partial charge in [-0.2, -0.15) is 0 Å². The molecule has 26 heavy (non-hydrogen) atoms. The van der Waals surface area contributed by atoms with E-state index in [1.165, 1.54) is 0 Å². The summed E-state index contributed by atoms with van der Waals surface area (Å²) < 4.78 is 5.35. The van der Waals surface area contributed by atoms with E-state index in [-0.39, 0.29) is 11.9 Å². The third-order valence-corrected chi connectivity index (χ3v) is 4.83. The fraction of sp³-hybridized carbons (Fsp3) is 0.400. The average Bonchev–Trinajstić information content (AvgIpc) is 2.68. The molecule has 2 heterocycles. The molecule has 0 saturated carbocycles. The summed E-state index contributed by atoms with van der Waals surface area (Å²) in [4.78, 5) is 21.6. The molecule has 1 N–H and O–H groups in total. The number of amides is 1. The third kappa shape index (κ3) is 4.14. The first-order valence-electron chi connectivity index (χ1n) is 8.94. The lowest BCUT2D eigenvalue weighted by Crippen LogP contribution is -2.53. The first kappa shape index (κ1) is 18.2. The highest BCUT2D eigenvalue weighted by atomic mass is 16.5. The first-order valence-corrected chi connectivity index (χ1v) is 8.94. The highest BCUT2D eigenvalue weighted by Gasteiger charge is 2.26.